The summed E-state index contributed by atoms with van der Waals surface area (Å²) in [5.74, 6) is 1.11. The topological polar surface area (TPSA) is 64.1 Å². The van der Waals surface area contributed by atoms with Crippen LogP contribution in [0, 0.1) is 5.41 Å². The number of aromatic nitrogens is 2. The highest BCUT2D eigenvalue weighted by Gasteiger charge is 2.31. The van der Waals surface area contributed by atoms with E-state index in [0.29, 0.717) is 17.6 Å². The summed E-state index contributed by atoms with van der Waals surface area (Å²) >= 11 is 6.35. The molecule has 5 nitrogen and oxygen atoms in total. The number of esters is 1. The molecule has 6 heteroatoms. The monoisotopic (exact) mass is 337 g/mol. The predicted octanol–water partition coefficient (Wildman–Crippen LogP) is 4.18. The number of carbonyl (C=O) groups excluding carboxylic acids is 1. The summed E-state index contributed by atoms with van der Waals surface area (Å²) in [4.78, 5) is 20.8. The van der Waals surface area contributed by atoms with E-state index in [1.807, 2.05) is 0 Å². The van der Waals surface area contributed by atoms with E-state index < -0.39 is 5.97 Å². The van der Waals surface area contributed by atoms with E-state index in [9.17, 15) is 4.79 Å². The third-order valence-electron chi connectivity index (χ3n) is 4.93. The highest BCUT2D eigenvalue weighted by Crippen LogP contribution is 2.40. The zero-order valence-electron chi connectivity index (χ0n) is 13.8. The molecule has 3 rings (SSSR count). The zero-order valence-corrected chi connectivity index (χ0v) is 14.6. The lowest BCUT2D eigenvalue weighted by Gasteiger charge is -2.34. The normalized spacial score (nSPS) is 20.1. The van der Waals surface area contributed by atoms with E-state index in [0.717, 1.165) is 19.4 Å². The Balaban J connectivity index is 1.82. The quantitative estimate of drug-likeness (QED) is 0.817. The van der Waals surface area contributed by atoms with Crippen LogP contribution in [0.25, 0.3) is 0 Å². The maximum atomic E-state index is 11.9. The molecule has 0 spiro atoms. The van der Waals surface area contributed by atoms with Crippen LogP contribution in [0.5, 0.6) is 0 Å². The van der Waals surface area contributed by atoms with Gasteiger partial charge >= 0.3 is 5.97 Å². The molecule has 0 bridgehead atoms. The first-order valence-electron chi connectivity index (χ1n) is 8.42. The second-order valence-corrected chi connectivity index (χ2v) is 7.46. The van der Waals surface area contributed by atoms with Crippen molar-refractivity contribution in [1.29, 1.82) is 0 Å². The fourth-order valence-electron chi connectivity index (χ4n) is 3.22. The van der Waals surface area contributed by atoms with Gasteiger partial charge in [0.15, 0.2) is 5.69 Å². The second kappa shape index (κ2) is 6.63. The van der Waals surface area contributed by atoms with Gasteiger partial charge in [-0.15, -0.1) is 0 Å². The van der Waals surface area contributed by atoms with Crippen LogP contribution in [-0.4, -0.2) is 29.6 Å². The number of hydrogen-bond donors (Lipinski definition) is 1. The summed E-state index contributed by atoms with van der Waals surface area (Å²) in [7, 11) is 1.34. The standard InChI is InChI=1S/C17H24ClN3O2/c1-17(8-4-3-5-9-17)10-19-15-12(18)13(16(22)23-2)20-14(21-15)11-6-7-11/h11H,3-10H2,1-2H3,(H,19,20,21). The number of rotatable bonds is 5. The van der Waals surface area contributed by atoms with Gasteiger partial charge in [-0.1, -0.05) is 37.8 Å². The van der Waals surface area contributed by atoms with Crippen molar-refractivity contribution in [3.05, 3.63) is 16.5 Å². The van der Waals surface area contributed by atoms with Gasteiger partial charge in [-0.3, -0.25) is 0 Å². The van der Waals surface area contributed by atoms with Crippen molar-refractivity contribution in [3.63, 3.8) is 0 Å². The van der Waals surface area contributed by atoms with Gasteiger partial charge in [0, 0.05) is 12.5 Å². The molecule has 2 fully saturated rings. The molecule has 0 radical (unpaired) electrons. The van der Waals surface area contributed by atoms with E-state index >= 15 is 0 Å². The van der Waals surface area contributed by atoms with Gasteiger partial charge in [-0.2, -0.15) is 0 Å². The van der Waals surface area contributed by atoms with Crippen LogP contribution in [0.2, 0.25) is 5.02 Å². The third-order valence-corrected chi connectivity index (χ3v) is 5.29. The lowest BCUT2D eigenvalue weighted by Crippen LogP contribution is -2.29. The summed E-state index contributed by atoms with van der Waals surface area (Å²) in [6, 6.07) is 0. The molecule has 0 amide bonds. The molecule has 0 aromatic carbocycles. The van der Waals surface area contributed by atoms with Gasteiger partial charge in [-0.25, -0.2) is 14.8 Å². The number of halogens is 1. The van der Waals surface area contributed by atoms with Crippen molar-refractivity contribution in [1.82, 2.24) is 9.97 Å². The summed E-state index contributed by atoms with van der Waals surface area (Å²) in [5, 5.41) is 3.64. The number of methoxy groups -OCH3 is 1. The molecular formula is C17H24ClN3O2. The summed E-state index contributed by atoms with van der Waals surface area (Å²) in [6.45, 7) is 3.12. The summed E-state index contributed by atoms with van der Waals surface area (Å²) < 4.78 is 4.80. The van der Waals surface area contributed by atoms with Crippen LogP contribution < -0.4 is 5.32 Å². The van der Waals surface area contributed by atoms with Crippen molar-refractivity contribution >= 4 is 23.4 Å². The molecular weight excluding hydrogens is 314 g/mol. The Bertz CT molecular complexity index is 596. The molecule has 0 aliphatic heterocycles. The van der Waals surface area contributed by atoms with E-state index in [1.54, 1.807) is 0 Å². The molecule has 1 aromatic rings. The highest BCUT2D eigenvalue weighted by atomic mass is 35.5. The van der Waals surface area contributed by atoms with Crippen molar-refractivity contribution in [2.24, 2.45) is 5.41 Å². The molecule has 1 N–H and O–H groups in total. The molecule has 2 aliphatic rings. The number of nitrogens with zero attached hydrogens (tertiary/aromatic N) is 2. The number of anilines is 1. The van der Waals surface area contributed by atoms with E-state index in [-0.39, 0.29) is 16.1 Å². The first kappa shape index (κ1) is 16.5. The van der Waals surface area contributed by atoms with Crippen LogP contribution in [0.3, 0.4) is 0 Å². The SMILES string of the molecule is COC(=O)c1nc(C2CC2)nc(NCC2(C)CCCCC2)c1Cl. The van der Waals surface area contributed by atoms with Gasteiger partial charge < -0.3 is 10.1 Å². The Morgan fingerprint density at radius 1 is 1.30 bits per heavy atom. The van der Waals surface area contributed by atoms with Crippen LogP contribution >= 0.6 is 11.6 Å². The minimum Gasteiger partial charge on any atom is -0.464 e. The van der Waals surface area contributed by atoms with Crippen LogP contribution in [-0.2, 0) is 4.74 Å². The minimum absolute atomic E-state index is 0.169. The van der Waals surface area contributed by atoms with Gasteiger partial charge in [0.25, 0.3) is 0 Å². The summed E-state index contributed by atoms with van der Waals surface area (Å²) in [6.07, 6.45) is 8.43. The average molecular weight is 338 g/mol. The summed E-state index contributed by atoms with van der Waals surface area (Å²) in [5.41, 5.74) is 0.430. The third kappa shape index (κ3) is 3.77. The van der Waals surface area contributed by atoms with E-state index in [1.165, 1.54) is 39.2 Å². The molecule has 1 aromatic heterocycles. The van der Waals surface area contributed by atoms with Crippen molar-refractivity contribution in [3.8, 4) is 0 Å². The Kier molecular flexibility index (Phi) is 4.76. The van der Waals surface area contributed by atoms with Crippen LogP contribution in [0.1, 0.15) is 74.1 Å². The molecule has 0 unspecified atom stereocenters. The van der Waals surface area contributed by atoms with Gasteiger partial charge in [0.2, 0.25) is 0 Å². The minimum atomic E-state index is -0.508. The van der Waals surface area contributed by atoms with Crippen LogP contribution in [0.15, 0.2) is 0 Å². The van der Waals surface area contributed by atoms with E-state index in [2.05, 4.69) is 22.2 Å². The Labute approximate surface area is 142 Å². The lowest BCUT2D eigenvalue weighted by atomic mass is 9.76. The fourth-order valence-corrected chi connectivity index (χ4v) is 3.45. The molecule has 126 valence electrons. The largest absolute Gasteiger partial charge is 0.464 e. The highest BCUT2D eigenvalue weighted by molar-refractivity contribution is 6.35. The molecule has 2 saturated carbocycles. The molecule has 0 atom stereocenters. The average Bonchev–Trinajstić information content (AvgIpc) is 3.39. The molecule has 2 aliphatic carbocycles. The van der Waals surface area contributed by atoms with Crippen molar-refractivity contribution in [2.75, 3.05) is 19.0 Å². The smallest absolute Gasteiger partial charge is 0.358 e. The van der Waals surface area contributed by atoms with E-state index in [4.69, 9.17) is 16.3 Å². The number of ether oxygens (including phenoxy) is 1. The van der Waals surface area contributed by atoms with Crippen LogP contribution in [0.4, 0.5) is 5.82 Å². The molecule has 0 saturated heterocycles. The number of carbonyl (C=O) groups is 1. The Morgan fingerprint density at radius 3 is 2.61 bits per heavy atom. The maximum Gasteiger partial charge on any atom is 0.358 e. The Morgan fingerprint density at radius 2 is 2.00 bits per heavy atom. The fraction of sp³-hybridized carbons (Fsp3) is 0.706. The first-order valence-corrected chi connectivity index (χ1v) is 8.80. The maximum absolute atomic E-state index is 11.9. The van der Waals surface area contributed by atoms with Gasteiger partial charge in [0.05, 0.1) is 7.11 Å². The number of hydrogen-bond acceptors (Lipinski definition) is 5. The Hall–Kier alpha value is -1.36. The van der Waals surface area contributed by atoms with Crippen molar-refractivity contribution in [2.45, 2.75) is 57.8 Å². The van der Waals surface area contributed by atoms with Gasteiger partial charge in [-0.05, 0) is 31.1 Å². The zero-order chi connectivity index (χ0) is 16.4. The van der Waals surface area contributed by atoms with Crippen molar-refractivity contribution < 1.29 is 9.53 Å². The second-order valence-electron chi connectivity index (χ2n) is 7.08. The molecule has 23 heavy (non-hydrogen) atoms. The molecule has 1 heterocycles. The van der Waals surface area contributed by atoms with Gasteiger partial charge in [0.1, 0.15) is 16.7 Å². The number of nitrogens with one attached hydrogen (secondary N) is 1. The first-order chi connectivity index (χ1) is 11.0. The predicted molar refractivity (Wildman–Crippen MR) is 90.0 cm³/mol. The lowest BCUT2D eigenvalue weighted by molar-refractivity contribution is 0.0593.